The number of β-amino-alcohol motifs (C(OH)–C–C–N with tert-alkyl or cyclic N) is 1. The van der Waals surface area contributed by atoms with Crippen LogP contribution in [0.3, 0.4) is 0 Å². The van der Waals surface area contributed by atoms with Gasteiger partial charge < -0.3 is 14.7 Å². The maximum Gasteiger partial charge on any atom is 0.0900 e. The van der Waals surface area contributed by atoms with Gasteiger partial charge in [-0.15, -0.1) is 0 Å². The summed E-state index contributed by atoms with van der Waals surface area (Å²) in [4.78, 5) is 4.73. The average molecular weight is 455 g/mol. The number of aliphatic hydroxyl groups excluding tert-OH is 1. The van der Waals surface area contributed by atoms with Gasteiger partial charge >= 0.3 is 0 Å². The second-order valence-electron chi connectivity index (χ2n) is 9.16. The van der Waals surface area contributed by atoms with Crippen molar-refractivity contribution in [3.8, 4) is 0 Å². The van der Waals surface area contributed by atoms with Crippen LogP contribution in [0, 0.1) is 13.8 Å². The molecule has 2 aromatic carbocycles. The predicted molar refractivity (Wildman–Crippen MR) is 134 cm³/mol. The lowest BCUT2D eigenvalue weighted by atomic mass is 9.98. The summed E-state index contributed by atoms with van der Waals surface area (Å²) in [6.07, 6.45) is 2.59. The van der Waals surface area contributed by atoms with E-state index in [4.69, 9.17) is 16.3 Å². The van der Waals surface area contributed by atoms with Crippen molar-refractivity contribution in [2.45, 2.75) is 39.2 Å². The van der Waals surface area contributed by atoms with E-state index in [9.17, 15) is 5.11 Å². The van der Waals surface area contributed by atoms with Crippen LogP contribution in [-0.2, 0) is 11.2 Å². The van der Waals surface area contributed by atoms with E-state index in [1.165, 1.54) is 22.4 Å². The van der Waals surface area contributed by atoms with E-state index in [1.807, 2.05) is 0 Å². The summed E-state index contributed by atoms with van der Waals surface area (Å²) in [6, 6.07) is 15.0. The van der Waals surface area contributed by atoms with Gasteiger partial charge in [-0.1, -0.05) is 41.9 Å². The van der Waals surface area contributed by atoms with Crippen molar-refractivity contribution in [2.75, 3.05) is 50.8 Å². The van der Waals surface area contributed by atoms with Crippen LogP contribution in [-0.4, -0.2) is 62.0 Å². The number of rotatable bonds is 7. The smallest absolute Gasteiger partial charge is 0.0900 e. The number of piperazine rings is 1. The number of halogens is 1. The standard InChI is InChI=1S/C27H35ClN2O2/c1-20-15-22-7-6-8-23(27(28)26(22)16-21(20)2)18-32-19-25(31)17-29-11-13-30(14-12-29)24-9-4-3-5-10-24/h3-5,9-10,15-16,25,31H,6-8,11-14,17-19H2,1-2H3. The number of ether oxygens (including phenoxy) is 1. The molecule has 172 valence electrons. The SMILES string of the molecule is Cc1cc2c(cc1C)C(Cl)=C(COCC(O)CN1CCN(c3ccccc3)CC1)CCC2. The Morgan fingerprint density at radius 3 is 2.47 bits per heavy atom. The number of para-hydroxylation sites is 1. The van der Waals surface area contributed by atoms with Crippen LogP contribution >= 0.6 is 11.6 Å². The summed E-state index contributed by atoms with van der Waals surface area (Å²) in [7, 11) is 0. The summed E-state index contributed by atoms with van der Waals surface area (Å²) in [6.45, 7) is 9.66. The van der Waals surface area contributed by atoms with E-state index in [0.29, 0.717) is 19.8 Å². The van der Waals surface area contributed by atoms with Crippen molar-refractivity contribution in [3.63, 3.8) is 0 Å². The largest absolute Gasteiger partial charge is 0.389 e. The summed E-state index contributed by atoms with van der Waals surface area (Å²) >= 11 is 6.80. The number of nitrogens with zero attached hydrogens (tertiary/aromatic N) is 2. The molecule has 1 atom stereocenters. The topological polar surface area (TPSA) is 35.9 Å². The highest BCUT2D eigenvalue weighted by molar-refractivity contribution is 6.49. The second kappa shape index (κ2) is 10.8. The molecule has 1 aliphatic heterocycles. The van der Waals surface area contributed by atoms with E-state index in [2.05, 4.69) is 66.1 Å². The first kappa shape index (κ1) is 23.3. The van der Waals surface area contributed by atoms with Gasteiger partial charge in [-0.05, 0) is 73.1 Å². The van der Waals surface area contributed by atoms with Crippen LogP contribution in [0.25, 0.3) is 5.03 Å². The summed E-state index contributed by atoms with van der Waals surface area (Å²) < 4.78 is 5.93. The van der Waals surface area contributed by atoms with Crippen LogP contribution in [0.4, 0.5) is 5.69 Å². The minimum atomic E-state index is -0.486. The Hall–Kier alpha value is -1.85. The van der Waals surface area contributed by atoms with E-state index in [0.717, 1.165) is 61.6 Å². The van der Waals surface area contributed by atoms with Crippen LogP contribution in [0.5, 0.6) is 0 Å². The lowest BCUT2D eigenvalue weighted by Gasteiger charge is -2.36. The molecule has 1 unspecified atom stereocenters. The maximum atomic E-state index is 10.5. The molecule has 1 N–H and O–H groups in total. The predicted octanol–water partition coefficient (Wildman–Crippen LogP) is 4.79. The fraction of sp³-hybridized carbons (Fsp3) is 0.481. The van der Waals surface area contributed by atoms with Crippen LogP contribution < -0.4 is 4.90 Å². The molecule has 1 saturated heterocycles. The first-order valence-electron chi connectivity index (χ1n) is 11.8. The van der Waals surface area contributed by atoms with Crippen molar-refractivity contribution < 1.29 is 9.84 Å². The monoisotopic (exact) mass is 454 g/mol. The first-order valence-corrected chi connectivity index (χ1v) is 12.1. The Balaban J connectivity index is 1.25. The zero-order valence-corrected chi connectivity index (χ0v) is 20.1. The molecule has 0 spiro atoms. The molecule has 5 heteroatoms. The van der Waals surface area contributed by atoms with Gasteiger partial charge in [0, 0.05) is 43.4 Å². The van der Waals surface area contributed by atoms with E-state index < -0.39 is 6.10 Å². The lowest BCUT2D eigenvalue weighted by Crippen LogP contribution is -2.49. The summed E-state index contributed by atoms with van der Waals surface area (Å²) in [5, 5.41) is 11.4. The zero-order valence-electron chi connectivity index (χ0n) is 19.3. The highest BCUT2D eigenvalue weighted by Crippen LogP contribution is 2.34. The van der Waals surface area contributed by atoms with Gasteiger partial charge in [-0.25, -0.2) is 0 Å². The van der Waals surface area contributed by atoms with Crippen molar-refractivity contribution in [2.24, 2.45) is 0 Å². The fourth-order valence-corrected chi connectivity index (χ4v) is 5.04. The fourth-order valence-electron chi connectivity index (χ4n) is 4.71. The Morgan fingerprint density at radius 2 is 1.72 bits per heavy atom. The number of aryl methyl sites for hydroxylation is 3. The summed E-state index contributed by atoms with van der Waals surface area (Å²) in [5.74, 6) is 0. The molecular formula is C27H35ClN2O2. The molecule has 4 nitrogen and oxygen atoms in total. The van der Waals surface area contributed by atoms with Gasteiger partial charge in [0.2, 0.25) is 0 Å². The Labute approximate surface area is 197 Å². The molecule has 0 amide bonds. The third-order valence-corrected chi connectivity index (χ3v) is 7.21. The minimum Gasteiger partial charge on any atom is -0.389 e. The molecule has 2 aromatic rings. The van der Waals surface area contributed by atoms with Crippen molar-refractivity contribution in [3.05, 3.63) is 70.3 Å². The van der Waals surface area contributed by atoms with Gasteiger partial charge in [0.05, 0.1) is 19.3 Å². The first-order chi connectivity index (χ1) is 15.5. The van der Waals surface area contributed by atoms with Gasteiger partial charge in [-0.2, -0.15) is 0 Å². The third-order valence-electron chi connectivity index (χ3n) is 6.74. The second-order valence-corrected chi connectivity index (χ2v) is 9.53. The maximum absolute atomic E-state index is 10.5. The third kappa shape index (κ3) is 5.74. The van der Waals surface area contributed by atoms with Gasteiger partial charge in [-0.3, -0.25) is 4.90 Å². The van der Waals surface area contributed by atoms with Crippen LogP contribution in [0.2, 0.25) is 0 Å². The molecule has 1 aliphatic carbocycles. The van der Waals surface area contributed by atoms with Crippen molar-refractivity contribution in [1.82, 2.24) is 4.90 Å². The minimum absolute atomic E-state index is 0.340. The molecule has 4 rings (SSSR count). The highest BCUT2D eigenvalue weighted by Gasteiger charge is 2.21. The van der Waals surface area contributed by atoms with Gasteiger partial charge in [0.15, 0.2) is 0 Å². The normalized spacial score (nSPS) is 18.4. The van der Waals surface area contributed by atoms with Gasteiger partial charge in [0.1, 0.15) is 0 Å². The molecule has 1 fully saturated rings. The summed E-state index contributed by atoms with van der Waals surface area (Å²) in [5.41, 5.74) is 7.51. The van der Waals surface area contributed by atoms with E-state index in [1.54, 1.807) is 0 Å². The highest BCUT2D eigenvalue weighted by atomic mass is 35.5. The Bertz CT molecular complexity index is 936. The average Bonchev–Trinajstić information content (AvgIpc) is 2.94. The molecule has 2 aliphatic rings. The number of fused-ring (bicyclic) bond motifs is 1. The number of aliphatic hydroxyl groups is 1. The van der Waals surface area contributed by atoms with Crippen molar-refractivity contribution in [1.29, 1.82) is 0 Å². The zero-order chi connectivity index (χ0) is 22.5. The molecule has 0 bridgehead atoms. The van der Waals surface area contributed by atoms with Crippen LogP contribution in [0.15, 0.2) is 48.0 Å². The van der Waals surface area contributed by atoms with E-state index in [-0.39, 0.29) is 0 Å². The number of hydrogen-bond donors (Lipinski definition) is 1. The Kier molecular flexibility index (Phi) is 7.90. The molecule has 0 radical (unpaired) electrons. The van der Waals surface area contributed by atoms with Crippen molar-refractivity contribution >= 4 is 22.3 Å². The number of benzene rings is 2. The van der Waals surface area contributed by atoms with Gasteiger partial charge in [0.25, 0.3) is 0 Å². The molecule has 0 aromatic heterocycles. The molecule has 1 heterocycles. The molecule has 32 heavy (non-hydrogen) atoms. The van der Waals surface area contributed by atoms with E-state index >= 15 is 0 Å². The number of hydrogen-bond acceptors (Lipinski definition) is 4. The number of anilines is 1. The lowest BCUT2D eigenvalue weighted by molar-refractivity contribution is 0.0229. The Morgan fingerprint density at radius 1 is 1.00 bits per heavy atom. The quantitative estimate of drug-likeness (QED) is 0.652. The molecule has 0 saturated carbocycles. The van der Waals surface area contributed by atoms with Crippen LogP contribution in [0.1, 0.15) is 35.1 Å². The molecular weight excluding hydrogens is 420 g/mol.